The summed E-state index contributed by atoms with van der Waals surface area (Å²) in [4.78, 5) is 29.2. The highest BCUT2D eigenvalue weighted by Gasteiger charge is 2.48. The largest absolute Gasteiger partial charge is 0.493 e. The zero-order chi connectivity index (χ0) is 29.8. The maximum absolute atomic E-state index is 12.4. The molecule has 9 heteroatoms. The van der Waals surface area contributed by atoms with E-state index in [1.807, 2.05) is 66.7 Å². The smallest absolute Gasteiger partial charge is 0.408 e. The van der Waals surface area contributed by atoms with E-state index in [0.29, 0.717) is 53.5 Å². The van der Waals surface area contributed by atoms with E-state index in [1.54, 1.807) is 38.6 Å². The molecule has 0 spiro atoms. The molecule has 2 amide bonds. The van der Waals surface area contributed by atoms with Crippen molar-refractivity contribution in [3.63, 3.8) is 0 Å². The maximum Gasteiger partial charge on any atom is 0.408 e. The highest BCUT2D eigenvalue weighted by Crippen LogP contribution is 2.42. The van der Waals surface area contributed by atoms with Crippen molar-refractivity contribution in [3.8, 4) is 23.0 Å². The molecule has 1 saturated carbocycles. The van der Waals surface area contributed by atoms with Gasteiger partial charge in [-0.1, -0.05) is 42.5 Å². The molecule has 6 rings (SSSR count). The van der Waals surface area contributed by atoms with Gasteiger partial charge in [-0.25, -0.2) is 4.79 Å². The number of carbonyl (C=O) groups excluding carboxylic acids is 2. The summed E-state index contributed by atoms with van der Waals surface area (Å²) in [5, 5.41) is 7.94. The van der Waals surface area contributed by atoms with Crippen LogP contribution < -0.4 is 24.8 Å². The summed E-state index contributed by atoms with van der Waals surface area (Å²) in [6, 6.07) is 26.3. The van der Waals surface area contributed by atoms with Gasteiger partial charge in [-0.05, 0) is 65.6 Å². The molecule has 1 aromatic heterocycles. The van der Waals surface area contributed by atoms with Gasteiger partial charge in [0, 0.05) is 36.8 Å². The zero-order valence-corrected chi connectivity index (χ0v) is 23.9. The summed E-state index contributed by atoms with van der Waals surface area (Å²) in [6.07, 6.45) is 2.63. The summed E-state index contributed by atoms with van der Waals surface area (Å²) in [5.41, 5.74) is 1.58. The van der Waals surface area contributed by atoms with Gasteiger partial charge in [0.1, 0.15) is 23.7 Å². The van der Waals surface area contributed by atoms with Crippen LogP contribution >= 0.6 is 0 Å². The first-order chi connectivity index (χ1) is 21.0. The fourth-order valence-corrected chi connectivity index (χ4v) is 4.90. The SMILES string of the molecule is CNC(=O)c1cccc2cc(Oc3ccnc4cc(OCC5(OC(=O)NCc6ccccc6)CC5)c(OC)cc34)ccc12. The minimum atomic E-state index is -0.674. The highest BCUT2D eigenvalue weighted by atomic mass is 16.6. The molecular formula is C34H31N3O6. The maximum atomic E-state index is 12.4. The third-order valence-corrected chi connectivity index (χ3v) is 7.43. The van der Waals surface area contributed by atoms with E-state index in [9.17, 15) is 9.59 Å². The van der Waals surface area contributed by atoms with E-state index < -0.39 is 11.7 Å². The second-order valence-electron chi connectivity index (χ2n) is 10.4. The number of aromatic nitrogens is 1. The summed E-state index contributed by atoms with van der Waals surface area (Å²) in [5.74, 6) is 2.06. The van der Waals surface area contributed by atoms with Gasteiger partial charge in [0.15, 0.2) is 11.5 Å². The number of ether oxygens (including phenoxy) is 4. The fourth-order valence-electron chi connectivity index (χ4n) is 4.90. The molecule has 43 heavy (non-hydrogen) atoms. The molecule has 9 nitrogen and oxygen atoms in total. The van der Waals surface area contributed by atoms with E-state index in [0.717, 1.165) is 21.7 Å². The van der Waals surface area contributed by atoms with Crippen molar-refractivity contribution in [2.75, 3.05) is 20.8 Å². The summed E-state index contributed by atoms with van der Waals surface area (Å²) in [6.45, 7) is 0.584. The average molecular weight is 578 g/mol. The van der Waals surface area contributed by atoms with E-state index >= 15 is 0 Å². The van der Waals surface area contributed by atoms with E-state index in [1.165, 1.54) is 0 Å². The van der Waals surface area contributed by atoms with Gasteiger partial charge in [0.2, 0.25) is 0 Å². The van der Waals surface area contributed by atoms with Crippen LogP contribution in [0, 0.1) is 0 Å². The molecule has 2 N–H and O–H groups in total. The first kappa shape index (κ1) is 27.8. The Morgan fingerprint density at radius 2 is 1.72 bits per heavy atom. The lowest BCUT2D eigenvalue weighted by Gasteiger charge is -2.19. The van der Waals surface area contributed by atoms with Crippen LogP contribution in [0.15, 0.2) is 91.1 Å². The Hall–Kier alpha value is -5.31. The standard InChI is InChI=1S/C34H31N3O6/c1-35-32(38)26-10-6-9-23-17-24(11-12-25(23)26)42-29-13-16-36-28-19-31(30(40-2)18-27(28)29)41-21-34(14-15-34)43-33(39)37-20-22-7-4-3-5-8-22/h3-13,16-19H,14-15,20-21H2,1-2H3,(H,35,38)(H,37,39). The second kappa shape index (κ2) is 11.9. The average Bonchev–Trinajstić information content (AvgIpc) is 3.81. The number of pyridine rings is 1. The molecule has 1 heterocycles. The molecule has 218 valence electrons. The van der Waals surface area contributed by atoms with Crippen LogP contribution in [0.25, 0.3) is 21.7 Å². The van der Waals surface area contributed by atoms with Crippen LogP contribution in [0.1, 0.15) is 28.8 Å². The number of nitrogens with one attached hydrogen (secondary N) is 2. The number of benzene rings is 4. The Bertz CT molecular complexity index is 1800. The Kier molecular flexibility index (Phi) is 7.70. The third-order valence-electron chi connectivity index (χ3n) is 7.43. The summed E-state index contributed by atoms with van der Waals surface area (Å²) >= 11 is 0. The molecular weight excluding hydrogens is 546 g/mol. The molecule has 0 saturated heterocycles. The molecule has 0 aliphatic heterocycles. The van der Waals surface area contributed by atoms with E-state index in [-0.39, 0.29) is 12.5 Å². The lowest BCUT2D eigenvalue weighted by atomic mass is 10.0. The van der Waals surface area contributed by atoms with Crippen molar-refractivity contribution in [2.45, 2.75) is 25.0 Å². The predicted octanol–water partition coefficient (Wildman–Crippen LogP) is 6.39. The third kappa shape index (κ3) is 6.16. The van der Waals surface area contributed by atoms with Crippen molar-refractivity contribution in [1.82, 2.24) is 15.6 Å². The number of alkyl carbamates (subject to hydrolysis) is 1. The van der Waals surface area contributed by atoms with Gasteiger partial charge in [-0.15, -0.1) is 0 Å². The van der Waals surface area contributed by atoms with E-state index in [2.05, 4.69) is 15.6 Å². The quantitative estimate of drug-likeness (QED) is 0.198. The summed E-state index contributed by atoms with van der Waals surface area (Å²) in [7, 11) is 3.18. The Labute approximate surface area is 248 Å². The van der Waals surface area contributed by atoms with Gasteiger partial charge in [0.05, 0.1) is 12.6 Å². The van der Waals surface area contributed by atoms with Crippen molar-refractivity contribution in [2.24, 2.45) is 0 Å². The molecule has 1 aliphatic carbocycles. The van der Waals surface area contributed by atoms with Crippen LogP contribution in [0.5, 0.6) is 23.0 Å². The molecule has 0 bridgehead atoms. The molecule has 1 aliphatic rings. The molecule has 0 radical (unpaired) electrons. The first-order valence-corrected chi connectivity index (χ1v) is 14.0. The van der Waals surface area contributed by atoms with Gasteiger partial charge >= 0.3 is 6.09 Å². The van der Waals surface area contributed by atoms with Gasteiger partial charge < -0.3 is 29.6 Å². The predicted molar refractivity (Wildman–Crippen MR) is 163 cm³/mol. The van der Waals surface area contributed by atoms with Gasteiger partial charge in [0.25, 0.3) is 5.91 Å². The minimum Gasteiger partial charge on any atom is -0.493 e. The van der Waals surface area contributed by atoms with Crippen molar-refractivity contribution < 1.29 is 28.5 Å². The Morgan fingerprint density at radius 1 is 0.884 bits per heavy atom. The molecule has 0 atom stereocenters. The second-order valence-corrected chi connectivity index (χ2v) is 10.4. The molecule has 1 fully saturated rings. The number of nitrogens with zero attached hydrogens (tertiary/aromatic N) is 1. The molecule has 4 aromatic carbocycles. The lowest BCUT2D eigenvalue weighted by Crippen LogP contribution is -2.33. The van der Waals surface area contributed by atoms with Gasteiger partial charge in [-0.2, -0.15) is 0 Å². The van der Waals surface area contributed by atoms with Crippen LogP contribution in [-0.2, 0) is 11.3 Å². The van der Waals surface area contributed by atoms with Crippen molar-refractivity contribution in [3.05, 3.63) is 102 Å². The highest BCUT2D eigenvalue weighted by molar-refractivity contribution is 6.07. The summed E-state index contributed by atoms with van der Waals surface area (Å²) < 4.78 is 23.8. The molecule has 5 aromatic rings. The Morgan fingerprint density at radius 3 is 2.49 bits per heavy atom. The number of fused-ring (bicyclic) bond motifs is 2. The number of hydrogen-bond donors (Lipinski definition) is 2. The number of carbonyl (C=O) groups is 2. The van der Waals surface area contributed by atoms with Crippen LogP contribution in [0.3, 0.4) is 0 Å². The van der Waals surface area contributed by atoms with Crippen molar-refractivity contribution >= 4 is 33.7 Å². The lowest BCUT2D eigenvalue weighted by molar-refractivity contribution is 0.0475. The number of amides is 2. The monoisotopic (exact) mass is 577 g/mol. The van der Waals surface area contributed by atoms with Crippen molar-refractivity contribution in [1.29, 1.82) is 0 Å². The first-order valence-electron chi connectivity index (χ1n) is 14.0. The fraction of sp³-hybridized carbons (Fsp3) is 0.206. The van der Waals surface area contributed by atoms with Crippen LogP contribution in [0.4, 0.5) is 4.79 Å². The van der Waals surface area contributed by atoms with Crippen LogP contribution in [-0.4, -0.2) is 43.3 Å². The van der Waals surface area contributed by atoms with Gasteiger partial charge in [-0.3, -0.25) is 9.78 Å². The minimum absolute atomic E-state index is 0.144. The van der Waals surface area contributed by atoms with Crippen LogP contribution in [0.2, 0.25) is 0 Å². The number of rotatable bonds is 10. The number of methoxy groups -OCH3 is 1. The number of hydrogen-bond acceptors (Lipinski definition) is 7. The molecule has 0 unspecified atom stereocenters. The topological polar surface area (TPSA) is 108 Å². The van der Waals surface area contributed by atoms with E-state index in [4.69, 9.17) is 18.9 Å². The zero-order valence-electron chi connectivity index (χ0n) is 23.9. The normalized spacial score (nSPS) is 13.3. The Balaban J connectivity index is 1.17.